The average molecular weight is 517 g/mol. The van der Waals surface area contributed by atoms with Gasteiger partial charge in [0.2, 0.25) is 5.95 Å². The Hall–Kier alpha value is -3.09. The first-order chi connectivity index (χ1) is 17.1. The number of carboxylic acids is 1. The van der Waals surface area contributed by atoms with Gasteiger partial charge in [-0.3, -0.25) is 4.90 Å². The fourth-order valence-electron chi connectivity index (χ4n) is 3.91. The second-order valence-electron chi connectivity index (χ2n) is 8.61. The van der Waals surface area contributed by atoms with Crippen LogP contribution in [0.4, 0.5) is 33.7 Å². The summed E-state index contributed by atoms with van der Waals surface area (Å²) in [5, 5.41) is 15.2. The molecule has 2 aromatic heterocycles. The third-order valence-corrected chi connectivity index (χ3v) is 5.82. The number of aryl methyl sites for hydroxylation is 2. The molecule has 198 valence electrons. The minimum absolute atomic E-state index is 0.0515. The Morgan fingerprint density at radius 1 is 1.17 bits per heavy atom. The number of halogens is 5. The Kier molecular flexibility index (Phi) is 9.73. The Labute approximate surface area is 205 Å². The number of rotatable bonds is 13. The molecule has 13 heteroatoms. The highest BCUT2D eigenvalue weighted by Gasteiger charge is 2.31. The summed E-state index contributed by atoms with van der Waals surface area (Å²) in [5.41, 5.74) is 1.05. The van der Waals surface area contributed by atoms with Gasteiger partial charge >= 0.3 is 12.1 Å². The van der Waals surface area contributed by atoms with Crippen LogP contribution >= 0.6 is 0 Å². The number of pyridine rings is 1. The van der Waals surface area contributed by atoms with Crippen molar-refractivity contribution in [2.75, 3.05) is 36.8 Å². The van der Waals surface area contributed by atoms with Crippen LogP contribution in [-0.2, 0) is 23.8 Å². The zero-order valence-electron chi connectivity index (χ0n) is 19.6. The Morgan fingerprint density at radius 2 is 1.92 bits per heavy atom. The van der Waals surface area contributed by atoms with Crippen molar-refractivity contribution in [3.8, 4) is 0 Å². The van der Waals surface area contributed by atoms with Crippen molar-refractivity contribution in [1.82, 2.24) is 19.9 Å². The topological polar surface area (TPSA) is 103 Å². The number of nitrogens with one attached hydrogen (secondary N) is 2. The standard InChI is InChI=1S/C23H29F5N6O2/c24-19(25)14-34(10-2-1-5-17-7-6-15-4-3-9-29-20(15)32-17)11-8-18(21(35)36)33-22-30-12-16(13-31-22)23(26,27)28/h6-7,12-13,18-19H,1-5,8-11,14H2,(H,29,32)(H,35,36)(H,30,31,33)/t18-/m0/s1. The first-order valence-electron chi connectivity index (χ1n) is 11.7. The van der Waals surface area contributed by atoms with Crippen molar-refractivity contribution < 1.29 is 31.9 Å². The Morgan fingerprint density at radius 3 is 2.58 bits per heavy atom. The van der Waals surface area contributed by atoms with E-state index in [2.05, 4.69) is 31.7 Å². The maximum atomic E-state index is 13.1. The average Bonchev–Trinajstić information content (AvgIpc) is 2.83. The molecular weight excluding hydrogens is 487 g/mol. The number of carboxylic acid groups (broad SMARTS) is 1. The summed E-state index contributed by atoms with van der Waals surface area (Å²) < 4.78 is 64.1. The van der Waals surface area contributed by atoms with Gasteiger partial charge in [-0.15, -0.1) is 0 Å². The van der Waals surface area contributed by atoms with Gasteiger partial charge in [-0.25, -0.2) is 28.5 Å². The molecule has 0 unspecified atom stereocenters. The van der Waals surface area contributed by atoms with Crippen molar-refractivity contribution in [3.05, 3.63) is 41.3 Å². The molecule has 1 atom stereocenters. The van der Waals surface area contributed by atoms with Crippen molar-refractivity contribution in [1.29, 1.82) is 0 Å². The number of aliphatic carboxylic acids is 1. The van der Waals surface area contributed by atoms with Crippen molar-refractivity contribution in [3.63, 3.8) is 0 Å². The second kappa shape index (κ2) is 12.7. The van der Waals surface area contributed by atoms with E-state index in [4.69, 9.17) is 0 Å². The third-order valence-electron chi connectivity index (χ3n) is 5.82. The number of aromatic nitrogens is 3. The maximum absolute atomic E-state index is 13.1. The van der Waals surface area contributed by atoms with Crippen LogP contribution in [0.15, 0.2) is 24.5 Å². The first-order valence-corrected chi connectivity index (χ1v) is 11.7. The van der Waals surface area contributed by atoms with Gasteiger partial charge in [0.15, 0.2) is 0 Å². The number of anilines is 2. The molecule has 2 aromatic rings. The molecular formula is C23H29F5N6O2. The lowest BCUT2D eigenvalue weighted by molar-refractivity contribution is -0.139. The molecule has 0 aliphatic carbocycles. The van der Waals surface area contributed by atoms with Crippen LogP contribution in [0.1, 0.15) is 42.5 Å². The van der Waals surface area contributed by atoms with E-state index in [0.29, 0.717) is 31.8 Å². The van der Waals surface area contributed by atoms with Crippen LogP contribution in [0.5, 0.6) is 0 Å². The molecule has 36 heavy (non-hydrogen) atoms. The van der Waals surface area contributed by atoms with E-state index in [1.54, 1.807) is 0 Å². The maximum Gasteiger partial charge on any atom is 0.419 e. The van der Waals surface area contributed by atoms with Crippen molar-refractivity contribution >= 4 is 17.7 Å². The normalized spacial score (nSPS) is 14.4. The van der Waals surface area contributed by atoms with E-state index in [1.165, 1.54) is 10.5 Å². The van der Waals surface area contributed by atoms with Gasteiger partial charge in [0.05, 0.1) is 12.1 Å². The molecule has 0 fully saturated rings. The lowest BCUT2D eigenvalue weighted by atomic mass is 10.1. The molecule has 0 saturated heterocycles. The van der Waals surface area contributed by atoms with Crippen molar-refractivity contribution in [2.24, 2.45) is 0 Å². The van der Waals surface area contributed by atoms with Crippen LogP contribution in [0.2, 0.25) is 0 Å². The molecule has 1 aliphatic rings. The summed E-state index contributed by atoms with van der Waals surface area (Å²) in [7, 11) is 0. The van der Waals surface area contributed by atoms with E-state index in [1.807, 2.05) is 6.07 Å². The largest absolute Gasteiger partial charge is 0.480 e. The molecule has 0 aromatic carbocycles. The van der Waals surface area contributed by atoms with Gasteiger partial charge in [0, 0.05) is 31.2 Å². The Balaban J connectivity index is 1.49. The van der Waals surface area contributed by atoms with Crippen LogP contribution < -0.4 is 10.6 Å². The number of hydrogen-bond acceptors (Lipinski definition) is 7. The smallest absolute Gasteiger partial charge is 0.419 e. The van der Waals surface area contributed by atoms with Crippen molar-refractivity contribution in [2.45, 2.75) is 57.2 Å². The van der Waals surface area contributed by atoms with Gasteiger partial charge in [-0.05, 0) is 56.7 Å². The summed E-state index contributed by atoms with van der Waals surface area (Å²) >= 11 is 0. The highest BCUT2D eigenvalue weighted by atomic mass is 19.4. The molecule has 0 spiro atoms. The van der Waals surface area contributed by atoms with Crippen LogP contribution in [0.25, 0.3) is 0 Å². The highest BCUT2D eigenvalue weighted by molar-refractivity contribution is 5.76. The molecule has 0 bridgehead atoms. The summed E-state index contributed by atoms with van der Waals surface area (Å²) in [6.45, 7) is 0.778. The molecule has 0 amide bonds. The van der Waals surface area contributed by atoms with E-state index in [9.17, 15) is 31.9 Å². The van der Waals surface area contributed by atoms with Crippen LogP contribution in [0, 0.1) is 0 Å². The Bertz CT molecular complexity index is 990. The number of carbonyl (C=O) groups is 1. The number of hydrogen-bond donors (Lipinski definition) is 3. The summed E-state index contributed by atoms with van der Waals surface area (Å²) in [6.07, 6.45) is -2.07. The number of alkyl halides is 5. The summed E-state index contributed by atoms with van der Waals surface area (Å²) in [6, 6.07) is 2.79. The molecule has 1 aliphatic heterocycles. The number of fused-ring (bicyclic) bond motifs is 1. The lowest BCUT2D eigenvalue weighted by Crippen LogP contribution is -2.37. The zero-order chi connectivity index (χ0) is 26.1. The fourth-order valence-corrected chi connectivity index (χ4v) is 3.91. The van der Waals surface area contributed by atoms with E-state index < -0.39 is 36.7 Å². The van der Waals surface area contributed by atoms with Gasteiger partial charge < -0.3 is 15.7 Å². The van der Waals surface area contributed by atoms with E-state index in [-0.39, 0.29) is 18.9 Å². The van der Waals surface area contributed by atoms with Gasteiger partial charge in [-0.2, -0.15) is 13.2 Å². The minimum Gasteiger partial charge on any atom is -0.480 e. The molecule has 0 saturated carbocycles. The summed E-state index contributed by atoms with van der Waals surface area (Å²) in [4.78, 5) is 24.7. The van der Waals surface area contributed by atoms with Crippen LogP contribution in [-0.4, -0.2) is 69.6 Å². The third kappa shape index (κ3) is 8.54. The highest BCUT2D eigenvalue weighted by Crippen LogP contribution is 2.28. The molecule has 8 nitrogen and oxygen atoms in total. The second-order valence-corrected chi connectivity index (χ2v) is 8.61. The first kappa shape index (κ1) is 27.5. The van der Waals surface area contributed by atoms with Gasteiger partial charge in [0.1, 0.15) is 11.9 Å². The lowest BCUT2D eigenvalue weighted by Gasteiger charge is -2.24. The predicted octanol–water partition coefficient (Wildman–Crippen LogP) is 4.09. The van der Waals surface area contributed by atoms with E-state index >= 15 is 0 Å². The molecule has 3 rings (SSSR count). The van der Waals surface area contributed by atoms with Gasteiger partial charge in [0.25, 0.3) is 6.43 Å². The van der Waals surface area contributed by atoms with Crippen LogP contribution in [0.3, 0.4) is 0 Å². The molecule has 3 heterocycles. The zero-order valence-corrected chi connectivity index (χ0v) is 19.6. The molecule has 0 radical (unpaired) electrons. The minimum atomic E-state index is -4.62. The number of nitrogens with zero attached hydrogens (tertiary/aromatic N) is 4. The molecule has 3 N–H and O–H groups in total. The van der Waals surface area contributed by atoms with E-state index in [0.717, 1.165) is 37.3 Å². The predicted molar refractivity (Wildman–Crippen MR) is 123 cm³/mol. The SMILES string of the molecule is O=C(O)[C@H](CCN(CCCCc1ccc2c(n1)NCCC2)CC(F)F)Nc1ncc(C(F)(F)F)cn1. The fraction of sp³-hybridized carbons (Fsp3) is 0.565. The quantitative estimate of drug-likeness (QED) is 0.270. The summed E-state index contributed by atoms with van der Waals surface area (Å²) in [5.74, 6) is -0.673. The monoisotopic (exact) mass is 516 g/mol. The number of unbranched alkanes of at least 4 members (excludes halogenated alkanes) is 1. The van der Waals surface area contributed by atoms with Gasteiger partial charge in [-0.1, -0.05) is 6.07 Å².